The maximum absolute atomic E-state index is 12.6. The summed E-state index contributed by atoms with van der Waals surface area (Å²) in [5, 5.41) is -0.173. The summed E-state index contributed by atoms with van der Waals surface area (Å²) in [6.45, 7) is 0. The van der Waals surface area contributed by atoms with E-state index in [1.54, 1.807) is 0 Å². The molecule has 0 bridgehead atoms. The molecule has 0 aliphatic heterocycles. The van der Waals surface area contributed by atoms with E-state index in [-0.39, 0.29) is 16.7 Å². The highest BCUT2D eigenvalue weighted by Crippen LogP contribution is 2.18. The number of pyridine rings is 1. The minimum atomic E-state index is -3.90. The maximum Gasteiger partial charge on any atom is 0.282 e. The Hall–Kier alpha value is -2.16. The van der Waals surface area contributed by atoms with Crippen molar-refractivity contribution in [1.82, 2.24) is 14.5 Å². The molecular weight excluding hydrogens is 261 g/mol. The number of nitrogen functional groups attached to an aromatic ring is 1. The van der Waals surface area contributed by atoms with Crippen molar-refractivity contribution in [2.24, 2.45) is 7.05 Å². The third kappa shape index (κ3) is 2.25. The van der Waals surface area contributed by atoms with Crippen molar-refractivity contribution in [3.8, 4) is 0 Å². The monoisotopic (exact) mass is 271 g/mol. The molecule has 0 aliphatic rings. The number of imidazole rings is 1. The molecule has 9 heteroatoms. The molecule has 0 aromatic carbocycles. The van der Waals surface area contributed by atoms with Gasteiger partial charge in [-0.05, 0) is 12.1 Å². The first kappa shape index (κ1) is 12.3. The van der Waals surface area contributed by atoms with Gasteiger partial charge in [-0.3, -0.25) is 4.72 Å². The number of anilines is 2. The normalized spacial score (nSPS) is 11.4. The Morgan fingerprint density at radius 2 is 2.11 bits per heavy atom. The van der Waals surface area contributed by atoms with Crippen molar-refractivity contribution < 1.29 is 12.8 Å². The van der Waals surface area contributed by atoms with Crippen molar-refractivity contribution in [2.45, 2.75) is 5.03 Å². The average molecular weight is 271 g/mol. The summed E-state index contributed by atoms with van der Waals surface area (Å²) in [5.74, 6) is -0.679. The van der Waals surface area contributed by atoms with E-state index in [2.05, 4.69) is 14.7 Å². The van der Waals surface area contributed by atoms with Gasteiger partial charge >= 0.3 is 0 Å². The van der Waals surface area contributed by atoms with Gasteiger partial charge in [-0.1, -0.05) is 0 Å². The largest absolute Gasteiger partial charge is 0.381 e. The molecule has 7 nitrogen and oxygen atoms in total. The summed E-state index contributed by atoms with van der Waals surface area (Å²) in [5.41, 5.74) is 5.47. The Balaban J connectivity index is 2.36. The van der Waals surface area contributed by atoms with Crippen LogP contribution in [0.4, 0.5) is 16.0 Å². The van der Waals surface area contributed by atoms with Crippen LogP contribution in [0, 0.1) is 5.82 Å². The first-order valence-electron chi connectivity index (χ1n) is 4.81. The summed E-state index contributed by atoms with van der Waals surface area (Å²) >= 11 is 0. The zero-order valence-electron chi connectivity index (χ0n) is 9.33. The highest BCUT2D eigenvalue weighted by molar-refractivity contribution is 7.92. The van der Waals surface area contributed by atoms with Crippen LogP contribution in [0.1, 0.15) is 0 Å². The fourth-order valence-electron chi connectivity index (χ4n) is 1.39. The molecule has 2 heterocycles. The number of hydrogen-bond donors (Lipinski definition) is 2. The van der Waals surface area contributed by atoms with Gasteiger partial charge in [0.25, 0.3) is 10.0 Å². The second kappa shape index (κ2) is 4.26. The van der Waals surface area contributed by atoms with Gasteiger partial charge in [0.2, 0.25) is 0 Å². The summed E-state index contributed by atoms with van der Waals surface area (Å²) in [6, 6.07) is 2.30. The quantitative estimate of drug-likeness (QED) is 0.837. The minimum Gasteiger partial charge on any atom is -0.381 e. The number of aryl methyl sites for hydroxylation is 1. The van der Waals surface area contributed by atoms with Gasteiger partial charge in [-0.25, -0.2) is 14.4 Å². The smallest absolute Gasteiger partial charge is 0.282 e. The van der Waals surface area contributed by atoms with Crippen LogP contribution in [0.15, 0.2) is 29.7 Å². The lowest BCUT2D eigenvalue weighted by Gasteiger charge is -2.07. The van der Waals surface area contributed by atoms with Gasteiger partial charge in [0, 0.05) is 7.05 Å². The first-order valence-corrected chi connectivity index (χ1v) is 6.29. The predicted molar refractivity (Wildman–Crippen MR) is 62.6 cm³/mol. The molecule has 18 heavy (non-hydrogen) atoms. The third-order valence-corrected chi connectivity index (χ3v) is 3.61. The van der Waals surface area contributed by atoms with Crippen molar-refractivity contribution >= 4 is 21.7 Å². The zero-order chi connectivity index (χ0) is 13.3. The Bertz CT molecular complexity index is 645. The van der Waals surface area contributed by atoms with Crippen molar-refractivity contribution in [2.75, 3.05) is 10.5 Å². The van der Waals surface area contributed by atoms with Gasteiger partial charge in [0.1, 0.15) is 11.6 Å². The molecule has 0 spiro atoms. The highest BCUT2D eigenvalue weighted by Gasteiger charge is 2.22. The summed E-state index contributed by atoms with van der Waals surface area (Å²) in [4.78, 5) is 7.28. The molecule has 0 unspecified atom stereocenters. The molecule has 2 aromatic heterocycles. The molecule has 3 N–H and O–H groups in total. The fourth-order valence-corrected chi connectivity index (χ4v) is 2.63. The summed E-state index contributed by atoms with van der Waals surface area (Å²) in [6.07, 6.45) is 2.19. The van der Waals surface area contributed by atoms with E-state index in [0.29, 0.717) is 0 Å². The molecule has 0 radical (unpaired) electrons. The van der Waals surface area contributed by atoms with Crippen molar-refractivity contribution in [1.29, 1.82) is 0 Å². The van der Waals surface area contributed by atoms with E-state index in [0.717, 1.165) is 12.3 Å². The molecule has 2 rings (SSSR count). The van der Waals surface area contributed by atoms with E-state index in [1.165, 1.54) is 24.0 Å². The van der Waals surface area contributed by atoms with E-state index in [4.69, 9.17) is 5.73 Å². The molecule has 0 amide bonds. The molecule has 2 aromatic rings. The van der Waals surface area contributed by atoms with Crippen LogP contribution in [0.5, 0.6) is 0 Å². The second-order valence-electron chi connectivity index (χ2n) is 3.51. The first-order chi connectivity index (χ1) is 8.40. The number of halogens is 1. The predicted octanol–water partition coefficient (Wildman–Crippen LogP) is 0.337. The Morgan fingerprint density at radius 1 is 1.39 bits per heavy atom. The lowest BCUT2D eigenvalue weighted by molar-refractivity contribution is 0.591. The third-order valence-electron chi connectivity index (χ3n) is 2.13. The molecular formula is C9H10FN5O2S. The van der Waals surface area contributed by atoms with Crippen LogP contribution in [0.25, 0.3) is 0 Å². The van der Waals surface area contributed by atoms with Gasteiger partial charge < -0.3 is 10.3 Å². The number of sulfonamides is 1. The number of nitrogens with two attached hydrogens (primary N) is 1. The number of hydrogen-bond acceptors (Lipinski definition) is 5. The fraction of sp³-hybridized carbons (Fsp3) is 0.111. The van der Waals surface area contributed by atoms with E-state index < -0.39 is 15.8 Å². The van der Waals surface area contributed by atoms with E-state index in [9.17, 15) is 12.8 Å². The molecule has 96 valence electrons. The number of nitrogens with zero attached hydrogens (tertiary/aromatic N) is 3. The lowest BCUT2D eigenvalue weighted by Crippen LogP contribution is -2.18. The van der Waals surface area contributed by atoms with Crippen LogP contribution >= 0.6 is 0 Å². The summed E-state index contributed by atoms with van der Waals surface area (Å²) in [7, 11) is -2.41. The van der Waals surface area contributed by atoms with Crippen LogP contribution in [0.3, 0.4) is 0 Å². The number of rotatable bonds is 3. The van der Waals surface area contributed by atoms with Gasteiger partial charge in [0.15, 0.2) is 10.8 Å². The van der Waals surface area contributed by atoms with Crippen LogP contribution in [0.2, 0.25) is 0 Å². The maximum atomic E-state index is 12.6. The molecule has 0 aliphatic carbocycles. The van der Waals surface area contributed by atoms with Gasteiger partial charge in [-0.15, -0.1) is 0 Å². The van der Waals surface area contributed by atoms with Crippen LogP contribution in [-0.4, -0.2) is 23.0 Å². The Labute approximate surface area is 103 Å². The molecule has 0 fully saturated rings. The zero-order valence-corrected chi connectivity index (χ0v) is 10.1. The summed E-state index contributed by atoms with van der Waals surface area (Å²) < 4.78 is 40.1. The number of aromatic nitrogens is 3. The molecule has 0 saturated heterocycles. The second-order valence-corrected chi connectivity index (χ2v) is 5.11. The SMILES string of the molecule is Cn1cnc(N)c1S(=O)(=O)Nc1ccc(F)cn1. The topological polar surface area (TPSA) is 103 Å². The average Bonchev–Trinajstić information content (AvgIpc) is 2.62. The lowest BCUT2D eigenvalue weighted by atomic mass is 10.5. The van der Waals surface area contributed by atoms with E-state index in [1.807, 2.05) is 0 Å². The van der Waals surface area contributed by atoms with E-state index >= 15 is 0 Å². The van der Waals surface area contributed by atoms with Crippen LogP contribution in [-0.2, 0) is 17.1 Å². The van der Waals surface area contributed by atoms with Gasteiger partial charge in [-0.2, -0.15) is 8.42 Å². The minimum absolute atomic E-state index is 0.00278. The van der Waals surface area contributed by atoms with Crippen molar-refractivity contribution in [3.05, 3.63) is 30.5 Å². The van der Waals surface area contributed by atoms with Crippen molar-refractivity contribution in [3.63, 3.8) is 0 Å². The Morgan fingerprint density at radius 3 is 2.61 bits per heavy atom. The van der Waals surface area contributed by atoms with Gasteiger partial charge in [0.05, 0.1) is 12.5 Å². The standard InChI is InChI=1S/C9H10FN5O2S/c1-15-5-13-8(11)9(15)18(16,17)14-7-3-2-6(10)4-12-7/h2-5H,11H2,1H3,(H,12,14). The highest BCUT2D eigenvalue weighted by atomic mass is 32.2. The molecule has 0 saturated carbocycles. The number of nitrogens with one attached hydrogen (secondary N) is 1. The van der Waals surface area contributed by atoms with Crippen LogP contribution < -0.4 is 10.5 Å². The molecule has 0 atom stereocenters. The Kier molecular flexibility index (Phi) is 2.91.